The zero-order valence-electron chi connectivity index (χ0n) is 32.7. The van der Waals surface area contributed by atoms with Crippen LogP contribution in [0.15, 0.2) is 73.4 Å². The SMILES string of the molecule is C=C[C@@H]1C[C@]1(CNC(=O)[C@@H]1C[C@@H](Oc2nccc3cc(OC)ccc23)CN1C(=O)[C@@H](NC(=O)OC(C)(C)c1ccccc1)C(C)(C)C)C(=O)NS(=O)(=O)C1CC1. The van der Waals surface area contributed by atoms with Crippen LogP contribution in [-0.2, 0) is 34.7 Å². The molecular formula is C41H51N5O9S. The molecule has 0 radical (unpaired) electrons. The van der Waals surface area contributed by atoms with E-state index in [1.807, 2.05) is 48.5 Å². The Kier molecular flexibility index (Phi) is 11.1. The number of pyridine rings is 1. The third-order valence-electron chi connectivity index (χ3n) is 10.9. The van der Waals surface area contributed by atoms with Gasteiger partial charge in [-0.15, -0.1) is 6.58 Å². The molecule has 14 nitrogen and oxygen atoms in total. The van der Waals surface area contributed by atoms with Crippen molar-refractivity contribution in [3.05, 3.63) is 79.0 Å². The number of carbonyl (C=O) groups is 4. The zero-order chi connectivity index (χ0) is 40.6. The average Bonchev–Trinajstić information content (AvgIpc) is 4.08. The van der Waals surface area contributed by atoms with Crippen molar-refractivity contribution in [3.8, 4) is 11.6 Å². The zero-order valence-corrected chi connectivity index (χ0v) is 33.5. The fourth-order valence-corrected chi connectivity index (χ4v) is 8.60. The van der Waals surface area contributed by atoms with Crippen LogP contribution in [0.25, 0.3) is 10.8 Å². The van der Waals surface area contributed by atoms with E-state index in [0.717, 1.165) is 10.9 Å². The van der Waals surface area contributed by atoms with Crippen LogP contribution in [0.5, 0.6) is 11.6 Å². The van der Waals surface area contributed by atoms with E-state index in [-0.39, 0.29) is 25.4 Å². The number of alkyl carbamates (subject to hydrolysis) is 1. The predicted octanol–water partition coefficient (Wildman–Crippen LogP) is 4.58. The monoisotopic (exact) mass is 789 g/mol. The van der Waals surface area contributed by atoms with Crippen molar-refractivity contribution in [2.45, 2.75) is 89.3 Å². The van der Waals surface area contributed by atoms with E-state index in [1.165, 1.54) is 4.90 Å². The summed E-state index contributed by atoms with van der Waals surface area (Å²) in [7, 11) is -2.25. The summed E-state index contributed by atoms with van der Waals surface area (Å²) in [5.41, 5.74) is -2.30. The van der Waals surface area contributed by atoms with Crippen molar-refractivity contribution < 1.29 is 41.8 Å². The lowest BCUT2D eigenvalue weighted by Crippen LogP contribution is -2.58. The fourth-order valence-electron chi connectivity index (χ4n) is 7.22. The van der Waals surface area contributed by atoms with Gasteiger partial charge in [0.2, 0.25) is 33.6 Å². The van der Waals surface area contributed by atoms with Gasteiger partial charge in [-0.1, -0.05) is 57.2 Å². The summed E-state index contributed by atoms with van der Waals surface area (Å²) in [6.07, 6.45) is 3.01. The molecule has 2 aliphatic carbocycles. The summed E-state index contributed by atoms with van der Waals surface area (Å²) in [4.78, 5) is 61.6. The molecule has 0 bridgehead atoms. The minimum absolute atomic E-state index is 0.0233. The maximum absolute atomic E-state index is 14.7. The van der Waals surface area contributed by atoms with E-state index < -0.39 is 73.7 Å². The van der Waals surface area contributed by atoms with Crippen molar-refractivity contribution in [2.75, 3.05) is 20.2 Å². The Bertz CT molecular complexity index is 2120. The lowest BCUT2D eigenvalue weighted by molar-refractivity contribution is -0.142. The van der Waals surface area contributed by atoms with Gasteiger partial charge < -0.3 is 29.7 Å². The lowest BCUT2D eigenvalue weighted by Gasteiger charge is -2.36. The molecule has 15 heteroatoms. The molecule has 1 aromatic heterocycles. The number of hydrogen-bond donors (Lipinski definition) is 3. The summed E-state index contributed by atoms with van der Waals surface area (Å²) < 4.78 is 45.2. The summed E-state index contributed by atoms with van der Waals surface area (Å²) >= 11 is 0. The highest BCUT2D eigenvalue weighted by Crippen LogP contribution is 2.53. The highest BCUT2D eigenvalue weighted by molar-refractivity contribution is 7.90. The van der Waals surface area contributed by atoms with Crippen LogP contribution in [0.2, 0.25) is 0 Å². The number of rotatable bonds is 14. The van der Waals surface area contributed by atoms with Crippen LogP contribution >= 0.6 is 0 Å². The summed E-state index contributed by atoms with van der Waals surface area (Å²) in [5, 5.41) is 6.55. The Hall–Kier alpha value is -5.18. The highest BCUT2D eigenvalue weighted by Gasteiger charge is 2.60. The van der Waals surface area contributed by atoms with Gasteiger partial charge in [-0.25, -0.2) is 18.2 Å². The second-order valence-corrected chi connectivity index (χ2v) is 18.5. The highest BCUT2D eigenvalue weighted by atomic mass is 32.2. The van der Waals surface area contributed by atoms with Crippen molar-refractivity contribution in [1.29, 1.82) is 0 Å². The molecule has 3 aliphatic rings. The minimum Gasteiger partial charge on any atom is -0.497 e. The number of likely N-dealkylation sites (tertiary alicyclic amines) is 1. The number of ether oxygens (including phenoxy) is 3. The van der Waals surface area contributed by atoms with Crippen LogP contribution < -0.4 is 24.8 Å². The van der Waals surface area contributed by atoms with E-state index >= 15 is 0 Å². The number of aromatic nitrogens is 1. The Morgan fingerprint density at radius 3 is 2.39 bits per heavy atom. The molecule has 2 saturated carbocycles. The first kappa shape index (κ1) is 40.5. The molecule has 0 spiro atoms. The number of methoxy groups -OCH3 is 1. The topological polar surface area (TPSA) is 182 Å². The van der Waals surface area contributed by atoms with Gasteiger partial charge in [0.25, 0.3) is 0 Å². The Balaban J connectivity index is 1.24. The molecule has 300 valence electrons. The summed E-state index contributed by atoms with van der Waals surface area (Å²) in [6.45, 7) is 12.5. The van der Waals surface area contributed by atoms with Gasteiger partial charge in [0.1, 0.15) is 29.5 Å². The maximum atomic E-state index is 14.7. The number of carbonyl (C=O) groups excluding carboxylic acids is 4. The maximum Gasteiger partial charge on any atom is 0.408 e. The van der Waals surface area contributed by atoms with Gasteiger partial charge in [0.05, 0.1) is 24.3 Å². The normalized spacial score (nSPS) is 22.8. The summed E-state index contributed by atoms with van der Waals surface area (Å²) in [5.74, 6) is -1.19. The average molecular weight is 790 g/mol. The smallest absolute Gasteiger partial charge is 0.408 e. The van der Waals surface area contributed by atoms with E-state index in [2.05, 4.69) is 26.9 Å². The van der Waals surface area contributed by atoms with E-state index in [1.54, 1.807) is 60.1 Å². The quantitative estimate of drug-likeness (QED) is 0.196. The first-order chi connectivity index (χ1) is 26.4. The van der Waals surface area contributed by atoms with Crippen molar-refractivity contribution in [1.82, 2.24) is 25.2 Å². The number of nitrogens with zero attached hydrogens (tertiary/aromatic N) is 2. The number of amides is 4. The number of hydrogen-bond acceptors (Lipinski definition) is 10. The van der Waals surface area contributed by atoms with Crippen LogP contribution in [0, 0.1) is 16.7 Å². The number of allylic oxidation sites excluding steroid dienone is 1. The molecule has 5 atom stereocenters. The predicted molar refractivity (Wildman–Crippen MR) is 209 cm³/mol. The minimum atomic E-state index is -3.83. The van der Waals surface area contributed by atoms with Crippen LogP contribution in [0.3, 0.4) is 0 Å². The largest absolute Gasteiger partial charge is 0.497 e. The van der Waals surface area contributed by atoms with Crippen molar-refractivity contribution in [2.24, 2.45) is 16.7 Å². The standard InChI is InChI=1S/C41H51N5O9S/c1-8-26-22-41(26,37(49)45-56(51,52)30-15-16-30)24-43-34(47)32-21-29(54-35-31-17-14-28(53-7)20-25(31)18-19-42-35)23-46(32)36(48)33(39(2,3)4)44-38(50)55-40(5,6)27-12-10-9-11-13-27/h8-14,17-20,26,29-30,32-33H,1,15-16,21-24H2,2-7H3,(H,43,47)(H,44,50)(H,45,49)/t26-,29-,32+,33-,41-/m1/s1. The molecule has 56 heavy (non-hydrogen) atoms. The second-order valence-electron chi connectivity index (χ2n) is 16.5. The van der Waals surface area contributed by atoms with Gasteiger partial charge in [0, 0.05) is 24.5 Å². The number of sulfonamides is 1. The molecule has 1 aliphatic heterocycles. The summed E-state index contributed by atoms with van der Waals surface area (Å²) in [6, 6.07) is 14.3. The van der Waals surface area contributed by atoms with Crippen LogP contribution in [0.1, 0.15) is 65.9 Å². The van der Waals surface area contributed by atoms with Gasteiger partial charge in [0.15, 0.2) is 0 Å². The number of nitrogens with one attached hydrogen (secondary N) is 3. The van der Waals surface area contributed by atoms with Gasteiger partial charge >= 0.3 is 6.09 Å². The van der Waals surface area contributed by atoms with Crippen molar-refractivity contribution >= 4 is 44.6 Å². The number of fused-ring (bicyclic) bond motifs is 1. The first-order valence-electron chi connectivity index (χ1n) is 18.8. The van der Waals surface area contributed by atoms with Crippen LogP contribution in [-0.4, -0.2) is 85.8 Å². The molecule has 3 N–H and O–H groups in total. The van der Waals surface area contributed by atoms with E-state index in [4.69, 9.17) is 14.2 Å². The molecular weight excluding hydrogens is 739 g/mol. The molecule has 2 aromatic carbocycles. The van der Waals surface area contributed by atoms with Crippen molar-refractivity contribution in [3.63, 3.8) is 0 Å². The third-order valence-corrected chi connectivity index (χ3v) is 12.7. The van der Waals surface area contributed by atoms with Gasteiger partial charge in [-0.3, -0.25) is 19.1 Å². The number of benzene rings is 2. The fraction of sp³-hybridized carbons (Fsp3) is 0.488. The lowest BCUT2D eigenvalue weighted by atomic mass is 9.85. The van der Waals surface area contributed by atoms with E-state index in [9.17, 15) is 27.6 Å². The van der Waals surface area contributed by atoms with Gasteiger partial charge in [-0.2, -0.15) is 0 Å². The molecule has 6 rings (SSSR count). The molecule has 3 fully saturated rings. The molecule has 2 heterocycles. The third kappa shape index (κ3) is 8.62. The molecule has 4 amide bonds. The van der Waals surface area contributed by atoms with E-state index in [0.29, 0.717) is 36.3 Å². The molecule has 0 unspecified atom stereocenters. The Morgan fingerprint density at radius 1 is 1.05 bits per heavy atom. The molecule has 3 aromatic rings. The Morgan fingerprint density at radius 2 is 1.77 bits per heavy atom. The van der Waals surface area contributed by atoms with Crippen LogP contribution in [0.4, 0.5) is 4.79 Å². The first-order valence-corrected chi connectivity index (χ1v) is 20.3. The Labute approximate surface area is 327 Å². The second kappa shape index (κ2) is 15.4. The van der Waals surface area contributed by atoms with Gasteiger partial charge in [-0.05, 0) is 79.7 Å². The molecule has 1 saturated heterocycles.